The number of ether oxygens (including phenoxy) is 1. The van der Waals surface area contributed by atoms with Crippen molar-refractivity contribution < 1.29 is 13.9 Å². The number of benzene rings is 1. The third-order valence-corrected chi connectivity index (χ3v) is 5.81. The van der Waals surface area contributed by atoms with E-state index in [1.807, 2.05) is 25.1 Å². The molecule has 1 aliphatic heterocycles. The van der Waals surface area contributed by atoms with Crippen LogP contribution in [0.15, 0.2) is 30.6 Å². The van der Waals surface area contributed by atoms with Crippen LogP contribution < -0.4 is 10.5 Å². The molecule has 1 amide bonds. The summed E-state index contributed by atoms with van der Waals surface area (Å²) in [5.41, 5.74) is 7.99. The van der Waals surface area contributed by atoms with Gasteiger partial charge in [-0.2, -0.15) is 5.10 Å². The van der Waals surface area contributed by atoms with Crippen molar-refractivity contribution in [3.8, 4) is 17.0 Å². The number of rotatable bonds is 6. The maximum atomic E-state index is 15.0. The molecule has 2 aromatic heterocycles. The van der Waals surface area contributed by atoms with Gasteiger partial charge in [-0.3, -0.25) is 4.79 Å². The summed E-state index contributed by atoms with van der Waals surface area (Å²) in [4.78, 5) is 24.8. The van der Waals surface area contributed by atoms with Crippen molar-refractivity contribution in [1.82, 2.24) is 29.5 Å². The van der Waals surface area contributed by atoms with Crippen LogP contribution in [0.2, 0.25) is 0 Å². The molecule has 33 heavy (non-hydrogen) atoms. The van der Waals surface area contributed by atoms with E-state index in [0.29, 0.717) is 54.1 Å². The number of aryl methyl sites for hydroxylation is 1. The van der Waals surface area contributed by atoms with Crippen LogP contribution in [-0.2, 0) is 4.79 Å². The molecular formula is C23H28FN7O2. The molecule has 1 saturated heterocycles. The summed E-state index contributed by atoms with van der Waals surface area (Å²) in [5, 5.41) is 5.21. The van der Waals surface area contributed by atoms with Gasteiger partial charge in [0.2, 0.25) is 5.91 Å². The van der Waals surface area contributed by atoms with Gasteiger partial charge < -0.3 is 20.3 Å². The first-order valence-electron chi connectivity index (χ1n) is 10.7. The van der Waals surface area contributed by atoms with Gasteiger partial charge in [-0.15, -0.1) is 0 Å². The van der Waals surface area contributed by atoms with Crippen molar-refractivity contribution >= 4 is 22.8 Å². The van der Waals surface area contributed by atoms with Crippen LogP contribution in [-0.4, -0.2) is 76.3 Å². The van der Waals surface area contributed by atoms with Crippen LogP contribution in [0.25, 0.3) is 22.3 Å². The normalized spacial score (nSPS) is 16.4. The fourth-order valence-corrected chi connectivity index (χ4v) is 4.10. The van der Waals surface area contributed by atoms with Crippen LogP contribution in [0, 0.1) is 12.7 Å². The van der Waals surface area contributed by atoms with Gasteiger partial charge in [0.25, 0.3) is 0 Å². The zero-order valence-corrected chi connectivity index (χ0v) is 19.2. The average Bonchev–Trinajstić information content (AvgIpc) is 3.39. The summed E-state index contributed by atoms with van der Waals surface area (Å²) >= 11 is 0. The first kappa shape index (κ1) is 22.7. The number of fused-ring (bicyclic) bond motifs is 1. The predicted molar refractivity (Wildman–Crippen MR) is 124 cm³/mol. The molecule has 2 N–H and O–H groups in total. The molecule has 3 heterocycles. The highest BCUT2D eigenvalue weighted by atomic mass is 19.1. The number of nitrogens with two attached hydrogens (primary N) is 1. The number of hydrogen-bond donors (Lipinski definition) is 1. The number of likely N-dealkylation sites (N-methyl/N-ethyl adjacent to an activating group) is 1. The van der Waals surface area contributed by atoms with Crippen molar-refractivity contribution in [2.75, 3.05) is 46.6 Å². The number of aromatic nitrogens is 4. The van der Waals surface area contributed by atoms with E-state index in [9.17, 15) is 9.18 Å². The van der Waals surface area contributed by atoms with Crippen molar-refractivity contribution in [3.05, 3.63) is 42.0 Å². The maximum Gasteiger partial charge on any atom is 0.246 e. The van der Waals surface area contributed by atoms with Crippen molar-refractivity contribution in [2.24, 2.45) is 0 Å². The third kappa shape index (κ3) is 4.38. The summed E-state index contributed by atoms with van der Waals surface area (Å²) < 4.78 is 22.1. The van der Waals surface area contributed by atoms with Crippen molar-refractivity contribution in [3.63, 3.8) is 0 Å². The quantitative estimate of drug-likeness (QED) is 0.572. The molecule has 3 aromatic rings. The second kappa shape index (κ2) is 9.14. The Hall–Kier alpha value is -3.53. The largest absolute Gasteiger partial charge is 0.496 e. The summed E-state index contributed by atoms with van der Waals surface area (Å²) in [5.74, 6) is 0.293. The number of likely N-dealkylation sites (tertiary alicyclic amines) is 1. The van der Waals surface area contributed by atoms with Crippen molar-refractivity contribution in [1.29, 1.82) is 0 Å². The molecule has 0 aliphatic carbocycles. The molecule has 0 saturated carbocycles. The van der Waals surface area contributed by atoms with Crippen LogP contribution in [0.1, 0.15) is 18.0 Å². The molecule has 1 atom stereocenters. The molecule has 10 heteroatoms. The first-order valence-corrected chi connectivity index (χ1v) is 10.7. The van der Waals surface area contributed by atoms with E-state index in [-0.39, 0.29) is 23.3 Å². The number of nitrogens with zero attached hydrogens (tertiary/aromatic N) is 6. The molecule has 1 fully saturated rings. The standard InChI is InChI=1S/C23H28FN7O2/c1-14-10-17(24)16(11-18(14)33-4)21-20-22(25)26-13-27-23(20)31(28-21)15-7-9-30(12-15)19(32)6-5-8-29(2)3/h5-6,10-11,13,15H,7-9,12H2,1-4H3,(H2,25,26,27)/t15-/m1/s1. The number of anilines is 1. The lowest BCUT2D eigenvalue weighted by atomic mass is 10.1. The summed E-state index contributed by atoms with van der Waals surface area (Å²) in [7, 11) is 5.43. The van der Waals surface area contributed by atoms with Crippen LogP contribution in [0.3, 0.4) is 0 Å². The van der Waals surface area contributed by atoms with Gasteiger partial charge in [0, 0.05) is 31.3 Å². The fourth-order valence-electron chi connectivity index (χ4n) is 4.10. The highest BCUT2D eigenvalue weighted by Gasteiger charge is 2.30. The molecule has 0 unspecified atom stereocenters. The van der Waals surface area contributed by atoms with E-state index in [2.05, 4.69) is 9.97 Å². The molecule has 9 nitrogen and oxygen atoms in total. The van der Waals surface area contributed by atoms with Gasteiger partial charge in [0.1, 0.15) is 29.4 Å². The second-order valence-electron chi connectivity index (χ2n) is 8.44. The van der Waals surface area contributed by atoms with E-state index >= 15 is 0 Å². The lowest BCUT2D eigenvalue weighted by Gasteiger charge is -2.15. The van der Waals surface area contributed by atoms with Gasteiger partial charge >= 0.3 is 0 Å². The van der Waals surface area contributed by atoms with E-state index in [1.165, 1.54) is 19.5 Å². The van der Waals surface area contributed by atoms with E-state index in [4.69, 9.17) is 15.6 Å². The zero-order valence-electron chi connectivity index (χ0n) is 19.2. The molecule has 0 bridgehead atoms. The number of carbonyl (C=O) groups is 1. The molecule has 1 aromatic carbocycles. The number of carbonyl (C=O) groups excluding carboxylic acids is 1. The lowest BCUT2D eigenvalue weighted by Crippen LogP contribution is -2.28. The SMILES string of the molecule is COc1cc(-c2nn([C@@H]3CCN(C(=O)C=CCN(C)C)C3)c3ncnc(N)c23)c(F)cc1C. The van der Waals surface area contributed by atoms with E-state index in [0.717, 1.165) is 0 Å². The molecular weight excluding hydrogens is 425 g/mol. The van der Waals surface area contributed by atoms with Crippen LogP contribution in [0.5, 0.6) is 5.75 Å². The van der Waals surface area contributed by atoms with E-state index in [1.54, 1.807) is 28.6 Å². The number of methoxy groups -OCH3 is 1. The van der Waals surface area contributed by atoms with Gasteiger partial charge in [-0.1, -0.05) is 6.08 Å². The number of nitrogen functional groups attached to an aromatic ring is 1. The summed E-state index contributed by atoms with van der Waals surface area (Å²) in [6.07, 6.45) is 5.52. The monoisotopic (exact) mass is 453 g/mol. The summed E-state index contributed by atoms with van der Waals surface area (Å²) in [6, 6.07) is 2.91. The van der Waals surface area contributed by atoms with Gasteiger partial charge in [0.05, 0.1) is 18.5 Å². The maximum absolute atomic E-state index is 15.0. The van der Waals surface area contributed by atoms with Gasteiger partial charge in [0.15, 0.2) is 5.65 Å². The summed E-state index contributed by atoms with van der Waals surface area (Å²) in [6.45, 7) is 3.54. The third-order valence-electron chi connectivity index (χ3n) is 5.81. The first-order chi connectivity index (χ1) is 15.8. The minimum absolute atomic E-state index is 0.0421. The van der Waals surface area contributed by atoms with Crippen LogP contribution >= 0.6 is 0 Å². The Morgan fingerprint density at radius 3 is 2.88 bits per heavy atom. The topological polar surface area (TPSA) is 102 Å². The minimum atomic E-state index is -0.433. The van der Waals surface area contributed by atoms with E-state index < -0.39 is 5.82 Å². The number of halogens is 1. The fraction of sp³-hybridized carbons (Fsp3) is 0.391. The highest BCUT2D eigenvalue weighted by Crippen LogP contribution is 2.37. The Kier molecular flexibility index (Phi) is 6.28. The Bertz CT molecular complexity index is 1220. The molecule has 0 spiro atoms. The molecule has 1 aliphatic rings. The van der Waals surface area contributed by atoms with Crippen molar-refractivity contribution in [2.45, 2.75) is 19.4 Å². The zero-order chi connectivity index (χ0) is 23.7. The van der Waals surface area contributed by atoms with Crippen LogP contribution in [0.4, 0.5) is 10.2 Å². The molecule has 0 radical (unpaired) electrons. The average molecular weight is 454 g/mol. The van der Waals surface area contributed by atoms with Gasteiger partial charge in [-0.25, -0.2) is 19.0 Å². The molecule has 174 valence electrons. The Morgan fingerprint density at radius 1 is 1.36 bits per heavy atom. The number of hydrogen-bond acceptors (Lipinski definition) is 7. The smallest absolute Gasteiger partial charge is 0.246 e. The lowest BCUT2D eigenvalue weighted by molar-refractivity contribution is -0.125. The highest BCUT2D eigenvalue weighted by molar-refractivity contribution is 5.98. The van der Waals surface area contributed by atoms with Gasteiger partial charge in [-0.05, 0) is 45.1 Å². The second-order valence-corrected chi connectivity index (χ2v) is 8.44. The Labute approximate surface area is 191 Å². The Balaban J connectivity index is 1.71. The minimum Gasteiger partial charge on any atom is -0.496 e. The molecule has 4 rings (SSSR count). The Morgan fingerprint density at radius 2 is 2.15 bits per heavy atom. The number of amides is 1. The predicted octanol–water partition coefficient (Wildman–Crippen LogP) is 2.42.